The topological polar surface area (TPSA) is 98.5 Å². The number of fused-ring (bicyclic) bond motifs is 4. The molecule has 2 aromatic heterocycles. The minimum Gasteiger partial charge on any atom is -0.444 e. The number of pyridine rings is 1. The van der Waals surface area contributed by atoms with Crippen molar-refractivity contribution in [2.75, 3.05) is 23.4 Å². The Morgan fingerprint density at radius 1 is 1.22 bits per heavy atom. The molecular weight excluding hydrogens is 454 g/mol. The molecule has 1 amide bonds. The van der Waals surface area contributed by atoms with Crippen LogP contribution in [0.1, 0.15) is 70.4 Å². The Balaban J connectivity index is 1.36. The standard InChI is InChI=1S/C27H33N7O2/c1-26(2,3)36-25(35)32(4)20-13-18-6-7-19(20)34(18)24-22-23(30-16-31-24)33(15-27(22)9-5-10-27)21-12-17(14-28)8-11-29-21/h8,11-12,16,18-20H,5-7,9-10,13,15H2,1-4H3/t18-,19+,20?/m0/s1. The van der Waals surface area contributed by atoms with E-state index in [1.165, 1.54) is 12.0 Å². The predicted molar refractivity (Wildman–Crippen MR) is 135 cm³/mol. The summed E-state index contributed by atoms with van der Waals surface area (Å²) in [6.45, 7) is 6.52. The van der Waals surface area contributed by atoms with Crippen LogP contribution < -0.4 is 9.80 Å². The first-order valence-corrected chi connectivity index (χ1v) is 12.9. The van der Waals surface area contributed by atoms with Gasteiger partial charge in [0.1, 0.15) is 29.4 Å². The summed E-state index contributed by atoms with van der Waals surface area (Å²) < 4.78 is 5.68. The molecule has 6 rings (SSSR count). The molecule has 2 saturated heterocycles. The monoisotopic (exact) mass is 487 g/mol. The number of ether oxygens (including phenoxy) is 1. The Morgan fingerprint density at radius 3 is 2.69 bits per heavy atom. The molecule has 2 aromatic rings. The van der Waals surface area contributed by atoms with Crippen LogP contribution in [0.15, 0.2) is 24.7 Å². The molecule has 3 aliphatic heterocycles. The molecule has 0 N–H and O–H groups in total. The van der Waals surface area contributed by atoms with Crippen molar-refractivity contribution in [1.29, 1.82) is 5.26 Å². The predicted octanol–water partition coefficient (Wildman–Crippen LogP) is 4.29. The van der Waals surface area contributed by atoms with Crippen molar-refractivity contribution >= 4 is 23.5 Å². The number of carbonyl (C=O) groups excluding carboxylic acids is 1. The van der Waals surface area contributed by atoms with Gasteiger partial charge in [-0.2, -0.15) is 5.26 Å². The first-order valence-electron chi connectivity index (χ1n) is 12.9. The number of nitrogens with zero attached hydrogens (tertiary/aromatic N) is 7. The van der Waals surface area contributed by atoms with Crippen LogP contribution >= 0.6 is 0 Å². The maximum Gasteiger partial charge on any atom is 0.410 e. The van der Waals surface area contributed by atoms with Crippen LogP contribution in [-0.4, -0.2) is 63.3 Å². The van der Waals surface area contributed by atoms with E-state index < -0.39 is 5.60 Å². The molecule has 0 aromatic carbocycles. The minimum absolute atomic E-state index is 0.00481. The summed E-state index contributed by atoms with van der Waals surface area (Å²) in [5.74, 6) is 2.69. The summed E-state index contributed by atoms with van der Waals surface area (Å²) in [6.07, 6.45) is 9.52. The lowest BCUT2D eigenvalue weighted by molar-refractivity contribution is 0.0202. The summed E-state index contributed by atoms with van der Waals surface area (Å²) >= 11 is 0. The fraction of sp³-hybridized carbons (Fsp3) is 0.593. The number of hydrogen-bond acceptors (Lipinski definition) is 8. The Kier molecular flexibility index (Phi) is 5.15. The Bertz CT molecular complexity index is 1250. The molecule has 3 atom stereocenters. The number of anilines is 3. The van der Waals surface area contributed by atoms with Crippen molar-refractivity contribution in [1.82, 2.24) is 19.9 Å². The van der Waals surface area contributed by atoms with Crippen LogP contribution in [0.4, 0.5) is 22.2 Å². The molecule has 4 aliphatic rings. The number of hydrogen-bond donors (Lipinski definition) is 0. The maximum absolute atomic E-state index is 12.9. The van der Waals surface area contributed by atoms with Crippen molar-refractivity contribution in [2.24, 2.45) is 0 Å². The average Bonchev–Trinajstić information content (AvgIpc) is 3.51. The highest BCUT2D eigenvalue weighted by atomic mass is 16.6. The summed E-state index contributed by atoms with van der Waals surface area (Å²) in [4.78, 5) is 33.6. The number of aromatic nitrogens is 3. The second-order valence-corrected chi connectivity index (χ2v) is 11.7. The van der Waals surface area contributed by atoms with Crippen LogP contribution in [0.5, 0.6) is 0 Å². The lowest BCUT2D eigenvalue weighted by atomic mass is 9.66. The summed E-state index contributed by atoms with van der Waals surface area (Å²) in [5, 5.41) is 9.42. The van der Waals surface area contributed by atoms with E-state index in [1.54, 1.807) is 23.5 Å². The third kappa shape index (κ3) is 3.49. The van der Waals surface area contributed by atoms with Gasteiger partial charge in [-0.25, -0.2) is 19.7 Å². The van der Waals surface area contributed by atoms with Crippen molar-refractivity contribution < 1.29 is 9.53 Å². The van der Waals surface area contributed by atoms with Gasteiger partial charge in [0.05, 0.1) is 23.7 Å². The molecule has 9 nitrogen and oxygen atoms in total. The largest absolute Gasteiger partial charge is 0.444 e. The van der Waals surface area contributed by atoms with Crippen LogP contribution in [-0.2, 0) is 10.2 Å². The quantitative estimate of drug-likeness (QED) is 0.632. The van der Waals surface area contributed by atoms with Gasteiger partial charge in [-0.1, -0.05) is 6.42 Å². The molecular formula is C27H33N7O2. The molecule has 9 heteroatoms. The van der Waals surface area contributed by atoms with Crippen LogP contribution in [0.25, 0.3) is 0 Å². The molecule has 1 saturated carbocycles. The zero-order valence-electron chi connectivity index (χ0n) is 21.4. The van der Waals surface area contributed by atoms with Gasteiger partial charge < -0.3 is 19.4 Å². The normalized spacial score (nSPS) is 25.5. The van der Waals surface area contributed by atoms with Gasteiger partial charge in [-0.15, -0.1) is 0 Å². The van der Waals surface area contributed by atoms with Gasteiger partial charge in [0.25, 0.3) is 0 Å². The van der Waals surface area contributed by atoms with E-state index in [2.05, 4.69) is 20.9 Å². The first-order chi connectivity index (χ1) is 17.2. The van der Waals surface area contributed by atoms with Crippen LogP contribution in [0.3, 0.4) is 0 Å². The molecule has 2 bridgehead atoms. The fourth-order valence-corrected chi connectivity index (χ4v) is 6.71. The van der Waals surface area contributed by atoms with Gasteiger partial charge in [-0.05, 0) is 65.0 Å². The third-order valence-corrected chi connectivity index (χ3v) is 8.44. The Morgan fingerprint density at radius 2 is 2.00 bits per heavy atom. The van der Waals surface area contributed by atoms with E-state index in [-0.39, 0.29) is 23.6 Å². The van der Waals surface area contributed by atoms with Crippen LogP contribution in [0, 0.1) is 11.3 Å². The summed E-state index contributed by atoms with van der Waals surface area (Å²) in [5.41, 5.74) is 1.30. The molecule has 188 valence electrons. The molecule has 1 aliphatic carbocycles. The fourth-order valence-electron chi connectivity index (χ4n) is 6.71. The molecule has 5 heterocycles. The van der Waals surface area contributed by atoms with Crippen molar-refractivity contribution in [3.8, 4) is 6.07 Å². The van der Waals surface area contributed by atoms with E-state index in [0.717, 1.165) is 56.1 Å². The second-order valence-electron chi connectivity index (χ2n) is 11.7. The number of amides is 1. The van der Waals surface area contributed by atoms with Crippen LogP contribution in [0.2, 0.25) is 0 Å². The second kappa shape index (κ2) is 8.05. The van der Waals surface area contributed by atoms with E-state index in [0.29, 0.717) is 11.6 Å². The maximum atomic E-state index is 12.9. The molecule has 1 spiro atoms. The van der Waals surface area contributed by atoms with Crippen molar-refractivity contribution in [2.45, 2.75) is 88.4 Å². The van der Waals surface area contributed by atoms with E-state index >= 15 is 0 Å². The van der Waals surface area contributed by atoms with E-state index in [1.807, 2.05) is 33.9 Å². The SMILES string of the molecule is CN(C(=O)OC(C)(C)C)C1C[C@@H]2CC[C@H]1N2c1ncnc2c1C1(CCC1)CN2c1cc(C#N)ccn1. The molecule has 3 fully saturated rings. The van der Waals surface area contributed by atoms with Crippen molar-refractivity contribution in [3.63, 3.8) is 0 Å². The number of rotatable bonds is 3. The highest BCUT2D eigenvalue weighted by molar-refractivity contribution is 5.76. The molecule has 0 radical (unpaired) electrons. The number of carbonyl (C=O) groups is 1. The Labute approximate surface area is 212 Å². The smallest absolute Gasteiger partial charge is 0.410 e. The third-order valence-electron chi connectivity index (χ3n) is 8.44. The average molecular weight is 488 g/mol. The zero-order valence-corrected chi connectivity index (χ0v) is 21.4. The van der Waals surface area contributed by atoms with Gasteiger partial charge in [0, 0.05) is 36.8 Å². The lowest BCUT2D eigenvalue weighted by Gasteiger charge is -2.40. The summed E-state index contributed by atoms with van der Waals surface area (Å²) in [7, 11) is 1.87. The first kappa shape index (κ1) is 23.0. The van der Waals surface area contributed by atoms with Gasteiger partial charge in [0.2, 0.25) is 0 Å². The number of likely N-dealkylation sites (N-methyl/N-ethyl adjacent to an activating group) is 1. The van der Waals surface area contributed by atoms with Gasteiger partial charge in [0.15, 0.2) is 0 Å². The molecule has 1 unspecified atom stereocenters. The summed E-state index contributed by atoms with van der Waals surface area (Å²) in [6, 6.07) is 6.44. The zero-order chi connectivity index (χ0) is 25.2. The van der Waals surface area contributed by atoms with E-state index in [4.69, 9.17) is 14.7 Å². The van der Waals surface area contributed by atoms with Crippen molar-refractivity contribution in [3.05, 3.63) is 35.8 Å². The molecule has 36 heavy (non-hydrogen) atoms. The van der Waals surface area contributed by atoms with Gasteiger partial charge in [-0.3, -0.25) is 0 Å². The number of nitriles is 1. The highest BCUT2D eigenvalue weighted by Crippen LogP contribution is 2.57. The lowest BCUT2D eigenvalue weighted by Crippen LogP contribution is -2.47. The highest BCUT2D eigenvalue weighted by Gasteiger charge is 2.55. The van der Waals surface area contributed by atoms with E-state index in [9.17, 15) is 10.1 Å². The minimum atomic E-state index is -0.521. The Hall–Kier alpha value is -3.41. The van der Waals surface area contributed by atoms with Gasteiger partial charge >= 0.3 is 6.09 Å².